The maximum atomic E-state index is 12.7. The molecule has 0 saturated heterocycles. The van der Waals surface area contributed by atoms with Gasteiger partial charge in [-0.3, -0.25) is 0 Å². The van der Waals surface area contributed by atoms with Crippen molar-refractivity contribution >= 4 is 11.9 Å². The summed E-state index contributed by atoms with van der Waals surface area (Å²) in [6, 6.07) is 10.0. The predicted molar refractivity (Wildman–Crippen MR) is 106 cm³/mol. The molecule has 158 valence electrons. The van der Waals surface area contributed by atoms with Gasteiger partial charge in [0.1, 0.15) is 11.3 Å². The molecule has 2 rings (SSSR count). The van der Waals surface area contributed by atoms with Gasteiger partial charge in [-0.25, -0.2) is 15.0 Å². The zero-order chi connectivity index (χ0) is 21.3. The van der Waals surface area contributed by atoms with Crippen LogP contribution in [0.4, 0.5) is 19.1 Å². The minimum atomic E-state index is -4.52. The van der Waals surface area contributed by atoms with E-state index in [9.17, 15) is 18.3 Å². The van der Waals surface area contributed by atoms with Crippen LogP contribution in [0, 0.1) is 0 Å². The molecule has 0 amide bonds. The number of halogens is 3. The van der Waals surface area contributed by atoms with Gasteiger partial charge in [-0.2, -0.15) is 13.2 Å². The molecule has 0 aliphatic carbocycles. The SMILES string of the molecule is CCNC(=NCC(C)(O)c1ccccc1)NCCNc1nccc(C(F)(F)F)n1. The van der Waals surface area contributed by atoms with Gasteiger partial charge in [0, 0.05) is 25.8 Å². The highest BCUT2D eigenvalue weighted by molar-refractivity contribution is 5.79. The Morgan fingerprint density at radius 2 is 1.83 bits per heavy atom. The van der Waals surface area contributed by atoms with Crippen molar-refractivity contribution in [1.29, 1.82) is 0 Å². The Morgan fingerprint density at radius 1 is 1.10 bits per heavy atom. The van der Waals surface area contributed by atoms with Crippen molar-refractivity contribution in [3.63, 3.8) is 0 Å². The van der Waals surface area contributed by atoms with E-state index < -0.39 is 17.5 Å². The summed E-state index contributed by atoms with van der Waals surface area (Å²) >= 11 is 0. The van der Waals surface area contributed by atoms with Crippen molar-refractivity contribution in [3.05, 3.63) is 53.9 Å². The van der Waals surface area contributed by atoms with Gasteiger partial charge in [0.05, 0.1) is 6.54 Å². The average molecular weight is 410 g/mol. The van der Waals surface area contributed by atoms with Crippen LogP contribution < -0.4 is 16.0 Å². The minimum Gasteiger partial charge on any atom is -0.384 e. The van der Waals surface area contributed by atoms with Gasteiger partial charge in [0.2, 0.25) is 5.95 Å². The highest BCUT2D eigenvalue weighted by Gasteiger charge is 2.32. The Bertz CT molecular complexity index is 796. The maximum absolute atomic E-state index is 12.7. The normalized spacial score (nSPS) is 14.2. The zero-order valence-electron chi connectivity index (χ0n) is 16.3. The van der Waals surface area contributed by atoms with E-state index in [0.717, 1.165) is 17.8 Å². The van der Waals surface area contributed by atoms with Crippen molar-refractivity contribution < 1.29 is 18.3 Å². The van der Waals surface area contributed by atoms with Gasteiger partial charge >= 0.3 is 6.18 Å². The highest BCUT2D eigenvalue weighted by atomic mass is 19.4. The fraction of sp³-hybridized carbons (Fsp3) is 0.421. The van der Waals surface area contributed by atoms with Gasteiger partial charge < -0.3 is 21.1 Å². The summed E-state index contributed by atoms with van der Waals surface area (Å²) in [4.78, 5) is 11.6. The summed E-state index contributed by atoms with van der Waals surface area (Å²) in [5.41, 5.74) is -1.38. The van der Waals surface area contributed by atoms with Crippen LogP contribution in [0.1, 0.15) is 25.1 Å². The molecule has 1 atom stereocenters. The van der Waals surface area contributed by atoms with Gasteiger partial charge in [0.15, 0.2) is 5.96 Å². The molecule has 0 aliphatic heterocycles. The van der Waals surface area contributed by atoms with E-state index in [4.69, 9.17) is 0 Å². The molecule has 1 aromatic heterocycles. The highest BCUT2D eigenvalue weighted by Crippen LogP contribution is 2.27. The Labute approximate surface area is 167 Å². The molecule has 1 aromatic carbocycles. The van der Waals surface area contributed by atoms with E-state index >= 15 is 0 Å². The van der Waals surface area contributed by atoms with Crippen LogP contribution in [0.2, 0.25) is 0 Å². The lowest BCUT2D eigenvalue weighted by Gasteiger charge is -2.22. The van der Waals surface area contributed by atoms with Crippen molar-refractivity contribution in [2.45, 2.75) is 25.6 Å². The molecule has 0 bridgehead atoms. The van der Waals surface area contributed by atoms with Crippen LogP contribution in [-0.4, -0.2) is 47.2 Å². The van der Waals surface area contributed by atoms with E-state index in [2.05, 4.69) is 30.9 Å². The van der Waals surface area contributed by atoms with Crippen LogP contribution in [0.5, 0.6) is 0 Å². The van der Waals surface area contributed by atoms with Gasteiger partial charge in [-0.1, -0.05) is 30.3 Å². The Kier molecular flexibility index (Phi) is 7.77. The zero-order valence-corrected chi connectivity index (χ0v) is 16.3. The van der Waals surface area contributed by atoms with Gasteiger partial charge in [0.25, 0.3) is 0 Å². The Hall–Kier alpha value is -2.88. The lowest BCUT2D eigenvalue weighted by molar-refractivity contribution is -0.141. The number of benzene rings is 1. The molecule has 0 spiro atoms. The van der Waals surface area contributed by atoms with Gasteiger partial charge in [-0.15, -0.1) is 0 Å². The van der Waals surface area contributed by atoms with E-state index in [0.29, 0.717) is 19.0 Å². The molecule has 29 heavy (non-hydrogen) atoms. The Balaban J connectivity index is 1.88. The number of anilines is 1. The second kappa shape index (κ2) is 10.1. The number of nitrogens with one attached hydrogen (secondary N) is 3. The van der Waals surface area contributed by atoms with E-state index in [1.165, 1.54) is 0 Å². The predicted octanol–water partition coefficient (Wildman–Crippen LogP) is 2.37. The number of aliphatic hydroxyl groups is 1. The largest absolute Gasteiger partial charge is 0.433 e. The second-order valence-corrected chi connectivity index (χ2v) is 6.45. The van der Waals surface area contributed by atoms with Crippen LogP contribution in [-0.2, 0) is 11.8 Å². The average Bonchev–Trinajstić information content (AvgIpc) is 2.69. The van der Waals surface area contributed by atoms with Crippen LogP contribution in [0.3, 0.4) is 0 Å². The monoisotopic (exact) mass is 410 g/mol. The molecular weight excluding hydrogens is 385 g/mol. The summed E-state index contributed by atoms with van der Waals surface area (Å²) < 4.78 is 38.0. The van der Waals surface area contributed by atoms with Gasteiger partial charge in [-0.05, 0) is 25.5 Å². The first kappa shape index (κ1) is 22.4. The maximum Gasteiger partial charge on any atom is 0.433 e. The third-order valence-electron chi connectivity index (χ3n) is 3.93. The topological polar surface area (TPSA) is 94.5 Å². The number of aromatic nitrogens is 2. The summed E-state index contributed by atoms with van der Waals surface area (Å²) in [6.45, 7) is 4.98. The number of aliphatic imine (C=N–C) groups is 1. The number of rotatable bonds is 8. The molecule has 2 aromatic rings. The number of guanidine groups is 1. The van der Waals surface area contributed by atoms with Crippen molar-refractivity contribution in [2.75, 3.05) is 31.5 Å². The molecule has 4 N–H and O–H groups in total. The minimum absolute atomic E-state index is 0.101. The van der Waals surface area contributed by atoms with E-state index in [1.807, 2.05) is 37.3 Å². The second-order valence-electron chi connectivity index (χ2n) is 6.45. The number of hydrogen-bond donors (Lipinski definition) is 4. The summed E-state index contributed by atoms with van der Waals surface area (Å²) in [5, 5.41) is 19.5. The molecule has 7 nitrogen and oxygen atoms in total. The smallest absolute Gasteiger partial charge is 0.384 e. The molecule has 0 saturated carbocycles. The number of hydrogen-bond acceptors (Lipinski definition) is 5. The third-order valence-corrected chi connectivity index (χ3v) is 3.93. The molecule has 1 unspecified atom stereocenters. The number of alkyl halides is 3. The summed E-state index contributed by atoms with van der Waals surface area (Å²) in [7, 11) is 0. The fourth-order valence-electron chi connectivity index (χ4n) is 2.42. The first-order valence-corrected chi connectivity index (χ1v) is 9.16. The summed E-state index contributed by atoms with van der Waals surface area (Å²) in [6.07, 6.45) is -3.46. The van der Waals surface area contributed by atoms with Crippen molar-refractivity contribution in [2.24, 2.45) is 4.99 Å². The van der Waals surface area contributed by atoms with Crippen molar-refractivity contribution in [3.8, 4) is 0 Å². The lowest BCUT2D eigenvalue weighted by atomic mass is 9.96. The lowest BCUT2D eigenvalue weighted by Crippen LogP contribution is -2.40. The fourth-order valence-corrected chi connectivity index (χ4v) is 2.42. The first-order chi connectivity index (χ1) is 13.7. The molecule has 0 fully saturated rings. The van der Waals surface area contributed by atoms with Crippen LogP contribution >= 0.6 is 0 Å². The molecule has 10 heteroatoms. The standard InChI is InChI=1S/C19H25F3N6O/c1-3-23-16(27-13-18(2,29)14-7-5-4-6-8-14)25-11-12-26-17-24-10-9-15(28-17)19(20,21)22/h4-10,29H,3,11-13H2,1-2H3,(H2,23,25,27)(H,24,26,28). The molecule has 1 heterocycles. The van der Waals surface area contributed by atoms with Crippen LogP contribution in [0.25, 0.3) is 0 Å². The van der Waals surface area contributed by atoms with E-state index in [1.54, 1.807) is 6.92 Å². The number of nitrogens with zero attached hydrogens (tertiary/aromatic N) is 3. The Morgan fingerprint density at radius 3 is 2.48 bits per heavy atom. The summed E-state index contributed by atoms with van der Waals surface area (Å²) in [5.74, 6) is 0.381. The van der Waals surface area contributed by atoms with Crippen molar-refractivity contribution in [1.82, 2.24) is 20.6 Å². The first-order valence-electron chi connectivity index (χ1n) is 9.16. The molecular formula is C19H25F3N6O. The van der Waals surface area contributed by atoms with Crippen LogP contribution in [0.15, 0.2) is 47.6 Å². The third kappa shape index (κ3) is 7.22. The van der Waals surface area contributed by atoms with E-state index in [-0.39, 0.29) is 19.0 Å². The molecule has 0 radical (unpaired) electrons. The quantitative estimate of drug-likeness (QED) is 0.303. The molecule has 0 aliphatic rings.